The molecule has 0 saturated heterocycles. The lowest BCUT2D eigenvalue weighted by Gasteiger charge is -2.24. The Morgan fingerprint density at radius 2 is 2.18 bits per heavy atom. The number of hydrogen-bond donors (Lipinski definition) is 2. The van der Waals surface area contributed by atoms with Crippen molar-refractivity contribution in [1.82, 2.24) is 15.1 Å². The van der Waals surface area contributed by atoms with Gasteiger partial charge in [-0.05, 0) is 33.3 Å². The molecule has 5 heteroatoms. The van der Waals surface area contributed by atoms with Crippen LogP contribution in [0.2, 0.25) is 0 Å². The summed E-state index contributed by atoms with van der Waals surface area (Å²) in [6.07, 6.45) is 0.827. The van der Waals surface area contributed by atoms with Gasteiger partial charge in [-0.15, -0.1) is 0 Å². The van der Waals surface area contributed by atoms with Gasteiger partial charge in [0.1, 0.15) is 5.69 Å². The minimum atomic E-state index is -0.397. The van der Waals surface area contributed by atoms with Crippen LogP contribution in [-0.2, 0) is 13.0 Å². The third kappa shape index (κ3) is 3.30. The molecule has 1 aromatic rings. The molecule has 0 bridgehead atoms. The van der Waals surface area contributed by atoms with Crippen LogP contribution in [0.3, 0.4) is 0 Å². The van der Waals surface area contributed by atoms with Crippen molar-refractivity contribution in [3.63, 3.8) is 0 Å². The lowest BCUT2D eigenvalue weighted by atomic mass is 10.1. The summed E-state index contributed by atoms with van der Waals surface area (Å²) < 4.78 is 1.72. The lowest BCUT2D eigenvalue weighted by molar-refractivity contribution is 0.0904. The van der Waals surface area contributed by atoms with Gasteiger partial charge in [-0.1, -0.05) is 6.92 Å². The van der Waals surface area contributed by atoms with Crippen molar-refractivity contribution in [2.45, 2.75) is 46.2 Å². The molecule has 0 aliphatic carbocycles. The van der Waals surface area contributed by atoms with E-state index < -0.39 is 5.54 Å². The molecule has 0 aliphatic rings. The summed E-state index contributed by atoms with van der Waals surface area (Å²) in [6.45, 7) is 8.88. The number of carbonyl (C=O) groups excluding carboxylic acids is 1. The second-order valence-corrected chi connectivity index (χ2v) is 4.73. The zero-order valence-corrected chi connectivity index (χ0v) is 11.1. The Hall–Kier alpha value is -1.36. The molecule has 1 heterocycles. The highest BCUT2D eigenvalue weighted by atomic mass is 16.2. The van der Waals surface area contributed by atoms with Gasteiger partial charge in [-0.2, -0.15) is 5.10 Å². The molecular weight excluding hydrogens is 216 g/mol. The van der Waals surface area contributed by atoms with Crippen LogP contribution in [0.25, 0.3) is 0 Å². The maximum atomic E-state index is 12.1. The largest absolute Gasteiger partial charge is 0.345 e. The first-order valence-corrected chi connectivity index (χ1v) is 6.02. The summed E-state index contributed by atoms with van der Waals surface area (Å²) in [7, 11) is 0. The number of rotatable bonds is 5. The van der Waals surface area contributed by atoms with E-state index >= 15 is 0 Å². The van der Waals surface area contributed by atoms with Crippen molar-refractivity contribution in [1.29, 1.82) is 0 Å². The van der Waals surface area contributed by atoms with Crippen molar-refractivity contribution < 1.29 is 4.79 Å². The first kappa shape index (κ1) is 13.7. The summed E-state index contributed by atoms with van der Waals surface area (Å²) >= 11 is 0. The molecule has 3 N–H and O–H groups in total. The van der Waals surface area contributed by atoms with Gasteiger partial charge in [0.05, 0.1) is 5.69 Å². The fourth-order valence-electron chi connectivity index (χ4n) is 1.49. The molecular formula is C12H22N4O. The van der Waals surface area contributed by atoms with Crippen molar-refractivity contribution >= 4 is 5.91 Å². The molecule has 0 saturated carbocycles. The monoisotopic (exact) mass is 238 g/mol. The highest BCUT2D eigenvalue weighted by molar-refractivity contribution is 5.93. The average Bonchev–Trinajstić information content (AvgIpc) is 2.71. The number of nitrogens with two attached hydrogens (primary N) is 1. The molecule has 0 aliphatic heterocycles. The summed E-state index contributed by atoms with van der Waals surface area (Å²) in [4.78, 5) is 12.1. The van der Waals surface area contributed by atoms with Crippen LogP contribution in [-0.4, -0.2) is 27.8 Å². The Balaban J connectivity index is 2.91. The van der Waals surface area contributed by atoms with Crippen molar-refractivity contribution in [3.8, 4) is 0 Å². The molecule has 0 radical (unpaired) electrons. The van der Waals surface area contributed by atoms with E-state index in [1.165, 1.54) is 0 Å². The summed E-state index contributed by atoms with van der Waals surface area (Å²) in [5.74, 6) is -0.116. The van der Waals surface area contributed by atoms with Gasteiger partial charge in [0.15, 0.2) is 0 Å². The molecule has 0 unspecified atom stereocenters. The Morgan fingerprint density at radius 3 is 2.65 bits per heavy atom. The number of amides is 1. The van der Waals surface area contributed by atoms with Gasteiger partial charge < -0.3 is 11.1 Å². The van der Waals surface area contributed by atoms with Crippen LogP contribution >= 0.6 is 0 Å². The molecule has 1 aromatic heterocycles. The van der Waals surface area contributed by atoms with Crippen molar-refractivity contribution in [2.24, 2.45) is 5.73 Å². The first-order chi connectivity index (χ1) is 7.93. The molecule has 5 nitrogen and oxygen atoms in total. The minimum absolute atomic E-state index is 0.116. The average molecular weight is 238 g/mol. The maximum absolute atomic E-state index is 12.1. The highest BCUT2D eigenvalue weighted by Gasteiger charge is 2.22. The Bertz CT molecular complexity index is 395. The summed E-state index contributed by atoms with van der Waals surface area (Å²) in [5, 5.41) is 7.26. The predicted octanol–water partition coefficient (Wildman–Crippen LogP) is 0.932. The molecule has 1 rings (SSSR count). The van der Waals surface area contributed by atoms with Crippen LogP contribution in [0.15, 0.2) is 6.07 Å². The van der Waals surface area contributed by atoms with Gasteiger partial charge in [0.2, 0.25) is 0 Å². The van der Waals surface area contributed by atoms with Gasteiger partial charge in [0, 0.05) is 18.6 Å². The second-order valence-electron chi connectivity index (χ2n) is 4.73. The van der Waals surface area contributed by atoms with E-state index in [1.807, 2.05) is 33.8 Å². The minimum Gasteiger partial charge on any atom is -0.345 e. The molecule has 0 fully saturated rings. The summed E-state index contributed by atoms with van der Waals surface area (Å²) in [5.41, 5.74) is 6.74. The van der Waals surface area contributed by atoms with Crippen molar-refractivity contribution in [2.75, 3.05) is 6.54 Å². The van der Waals surface area contributed by atoms with E-state index in [0.717, 1.165) is 12.1 Å². The van der Waals surface area contributed by atoms with E-state index in [-0.39, 0.29) is 5.91 Å². The number of aromatic nitrogens is 2. The van der Waals surface area contributed by atoms with Crippen LogP contribution in [0, 0.1) is 0 Å². The number of aryl methyl sites for hydroxylation is 2. The second kappa shape index (κ2) is 5.31. The zero-order valence-electron chi connectivity index (χ0n) is 11.1. The predicted molar refractivity (Wildman–Crippen MR) is 67.9 cm³/mol. The van der Waals surface area contributed by atoms with Crippen LogP contribution in [0.5, 0.6) is 0 Å². The van der Waals surface area contributed by atoms with Gasteiger partial charge in [-0.3, -0.25) is 9.48 Å². The molecule has 0 spiro atoms. The van der Waals surface area contributed by atoms with Crippen LogP contribution in [0.4, 0.5) is 0 Å². The highest BCUT2D eigenvalue weighted by Crippen LogP contribution is 2.08. The number of nitrogens with zero attached hydrogens (tertiary/aromatic N) is 2. The third-order valence-electron chi connectivity index (χ3n) is 2.69. The van der Waals surface area contributed by atoms with Gasteiger partial charge >= 0.3 is 0 Å². The van der Waals surface area contributed by atoms with Crippen molar-refractivity contribution in [3.05, 3.63) is 17.5 Å². The number of nitrogens with one attached hydrogen (secondary N) is 1. The Morgan fingerprint density at radius 1 is 1.53 bits per heavy atom. The molecule has 96 valence electrons. The topological polar surface area (TPSA) is 72.9 Å². The van der Waals surface area contributed by atoms with Crippen LogP contribution < -0.4 is 11.1 Å². The SMILES string of the molecule is CCc1cc(C(=O)NC(C)(C)CN)n(CC)n1. The standard InChI is InChI=1S/C12H22N4O/c1-5-9-7-10(16(6-2)15-9)11(17)14-12(3,4)8-13/h7H,5-6,8,13H2,1-4H3,(H,14,17). The van der Waals surface area contributed by atoms with E-state index in [0.29, 0.717) is 18.8 Å². The third-order valence-corrected chi connectivity index (χ3v) is 2.69. The van der Waals surface area contributed by atoms with E-state index in [2.05, 4.69) is 10.4 Å². The van der Waals surface area contributed by atoms with E-state index in [9.17, 15) is 4.79 Å². The molecule has 0 aromatic carbocycles. The van der Waals surface area contributed by atoms with Gasteiger partial charge in [0.25, 0.3) is 5.91 Å². The smallest absolute Gasteiger partial charge is 0.270 e. The number of carbonyl (C=O) groups is 1. The molecule has 17 heavy (non-hydrogen) atoms. The molecule has 0 atom stereocenters. The number of hydrogen-bond acceptors (Lipinski definition) is 3. The zero-order chi connectivity index (χ0) is 13.1. The Labute approximate surface area is 102 Å². The molecule has 1 amide bonds. The fraction of sp³-hybridized carbons (Fsp3) is 0.667. The Kier molecular flexibility index (Phi) is 4.28. The normalized spacial score (nSPS) is 11.6. The van der Waals surface area contributed by atoms with E-state index in [1.54, 1.807) is 4.68 Å². The van der Waals surface area contributed by atoms with Crippen LogP contribution in [0.1, 0.15) is 43.9 Å². The van der Waals surface area contributed by atoms with E-state index in [4.69, 9.17) is 5.73 Å². The maximum Gasteiger partial charge on any atom is 0.270 e. The first-order valence-electron chi connectivity index (χ1n) is 6.02. The quantitative estimate of drug-likeness (QED) is 0.801. The summed E-state index contributed by atoms with van der Waals surface area (Å²) in [6, 6.07) is 1.84. The lowest BCUT2D eigenvalue weighted by Crippen LogP contribution is -2.49. The van der Waals surface area contributed by atoms with Gasteiger partial charge in [-0.25, -0.2) is 0 Å². The fourth-order valence-corrected chi connectivity index (χ4v) is 1.49.